The first kappa shape index (κ1) is 18.8. The minimum Gasteiger partial charge on any atom is -0.481 e. The molecule has 0 N–H and O–H groups in total. The molecule has 0 spiro atoms. The van der Waals surface area contributed by atoms with Crippen molar-refractivity contribution in [1.82, 2.24) is 4.98 Å². The Balaban J connectivity index is 3.02. The summed E-state index contributed by atoms with van der Waals surface area (Å²) in [6, 6.07) is 0.975. The Morgan fingerprint density at radius 2 is 2.18 bits per heavy atom. The summed E-state index contributed by atoms with van der Waals surface area (Å²) >= 11 is 0. The van der Waals surface area contributed by atoms with E-state index in [-0.39, 0.29) is 14.8 Å². The number of alkyl halides is 3. The molecule has 0 aliphatic rings. The van der Waals surface area contributed by atoms with Crippen LogP contribution in [-0.2, 0) is 17.3 Å². The van der Waals surface area contributed by atoms with Crippen molar-refractivity contribution >= 4 is 23.5 Å². The third-order valence-electron chi connectivity index (χ3n) is 2.73. The zero-order valence-electron chi connectivity index (χ0n) is 12.1. The molecule has 1 aromatic rings. The number of halogens is 3. The number of aromatic nitrogens is 1. The molecule has 0 aliphatic carbocycles. The molecular formula is C12H15F3N2O3P2. The summed E-state index contributed by atoms with van der Waals surface area (Å²) in [5, 5.41) is 0. The molecule has 0 aliphatic heterocycles. The Bertz CT molecular complexity index is 579. The lowest BCUT2D eigenvalue weighted by Gasteiger charge is -2.17. The van der Waals surface area contributed by atoms with E-state index in [0.717, 1.165) is 13.2 Å². The standard InChI is InChI=1S/C12H15F3N2O3P2/c1-6(20-11(18)22-17-21)4-8-5-9(12(13,14)15)10(19-3)16-7(8)2/h5-6H,4,21H2,1-3H3/t6-/m1/s1. The molecule has 22 heavy (non-hydrogen) atoms. The van der Waals surface area contributed by atoms with Gasteiger partial charge in [0.05, 0.1) is 7.11 Å². The van der Waals surface area contributed by atoms with Gasteiger partial charge in [-0.15, -0.1) is 0 Å². The maximum absolute atomic E-state index is 13.0. The quantitative estimate of drug-likeness (QED) is 0.735. The van der Waals surface area contributed by atoms with Gasteiger partial charge in [-0.2, -0.15) is 13.2 Å². The van der Waals surface area contributed by atoms with Crippen LogP contribution in [0.15, 0.2) is 10.6 Å². The van der Waals surface area contributed by atoms with Crippen LogP contribution in [-0.4, -0.2) is 23.9 Å². The molecule has 10 heteroatoms. The summed E-state index contributed by atoms with van der Waals surface area (Å²) in [6.45, 7) is 3.16. The molecule has 1 heterocycles. The molecule has 0 amide bonds. The van der Waals surface area contributed by atoms with Gasteiger partial charge in [-0.1, -0.05) is 0 Å². The second-order valence-electron chi connectivity index (χ2n) is 4.40. The lowest BCUT2D eigenvalue weighted by Crippen LogP contribution is -2.16. The van der Waals surface area contributed by atoms with Crippen LogP contribution in [0.4, 0.5) is 18.0 Å². The minimum atomic E-state index is -4.57. The van der Waals surface area contributed by atoms with Gasteiger partial charge in [0.2, 0.25) is 5.88 Å². The van der Waals surface area contributed by atoms with Crippen molar-refractivity contribution in [2.75, 3.05) is 7.11 Å². The van der Waals surface area contributed by atoms with E-state index in [1.165, 1.54) is 0 Å². The Morgan fingerprint density at radius 1 is 1.55 bits per heavy atom. The number of aryl methyl sites for hydroxylation is 1. The first-order valence-electron chi connectivity index (χ1n) is 6.12. The van der Waals surface area contributed by atoms with Crippen LogP contribution in [0.5, 0.6) is 5.88 Å². The van der Waals surface area contributed by atoms with Gasteiger partial charge >= 0.3 is 11.9 Å². The van der Waals surface area contributed by atoms with Gasteiger partial charge in [-0.25, -0.2) is 14.3 Å². The third kappa shape index (κ3) is 5.18. The second-order valence-corrected chi connectivity index (χ2v) is 5.89. The largest absolute Gasteiger partial charge is 0.481 e. The molecule has 0 radical (unpaired) electrons. The number of carbonyl (C=O) groups excluding carboxylic acids is 1. The lowest BCUT2D eigenvalue weighted by atomic mass is 10.0. The molecule has 122 valence electrons. The molecule has 0 saturated carbocycles. The molecular weight excluding hydrogens is 339 g/mol. The van der Waals surface area contributed by atoms with E-state index in [0.29, 0.717) is 11.3 Å². The highest BCUT2D eigenvalue weighted by Crippen LogP contribution is 2.36. The molecule has 0 bridgehead atoms. The summed E-state index contributed by atoms with van der Waals surface area (Å²) < 4.78 is 52.2. The Morgan fingerprint density at radius 3 is 2.68 bits per heavy atom. The summed E-state index contributed by atoms with van der Waals surface area (Å²) in [6.07, 6.45) is -5.05. The minimum absolute atomic E-state index is 0.115. The smallest absolute Gasteiger partial charge is 0.421 e. The third-order valence-corrected chi connectivity index (χ3v) is 3.46. The molecule has 0 aromatic carbocycles. The zero-order valence-corrected chi connectivity index (χ0v) is 14.2. The molecule has 0 fully saturated rings. The fourth-order valence-corrected chi connectivity index (χ4v) is 2.39. The zero-order chi connectivity index (χ0) is 16.9. The van der Waals surface area contributed by atoms with Gasteiger partial charge in [-0.3, -0.25) is 0 Å². The van der Waals surface area contributed by atoms with Crippen molar-refractivity contribution < 1.29 is 27.4 Å². The highest BCUT2D eigenvalue weighted by molar-refractivity contribution is 7.51. The Labute approximate surface area is 129 Å². The van der Waals surface area contributed by atoms with E-state index in [1.54, 1.807) is 13.8 Å². The van der Waals surface area contributed by atoms with Crippen molar-refractivity contribution in [3.05, 3.63) is 22.9 Å². The number of nitrogens with zero attached hydrogens (tertiary/aromatic N) is 2. The van der Waals surface area contributed by atoms with Crippen LogP contribution in [0.2, 0.25) is 0 Å². The number of hydrogen-bond donors (Lipinski definition) is 0. The number of carbonyl (C=O) groups is 1. The SMILES string of the molecule is COc1nc(C)c(C[C@@H](C)OC(=O)P=NP)cc1C(F)(F)F. The number of methoxy groups -OCH3 is 1. The van der Waals surface area contributed by atoms with Crippen molar-refractivity contribution in [2.45, 2.75) is 32.5 Å². The second kappa shape index (κ2) is 7.84. The monoisotopic (exact) mass is 354 g/mol. The van der Waals surface area contributed by atoms with Crippen LogP contribution in [0.25, 0.3) is 0 Å². The molecule has 1 rings (SSSR count). The summed E-state index contributed by atoms with van der Waals surface area (Å²) in [7, 11) is 3.27. The van der Waals surface area contributed by atoms with Gasteiger partial charge in [-0.05, 0) is 34.9 Å². The number of pyridine rings is 1. The fraction of sp³-hybridized carbons (Fsp3) is 0.500. The summed E-state index contributed by atoms with van der Waals surface area (Å²) in [5.41, 5.74) is -0.793. The molecule has 1 aromatic heterocycles. The van der Waals surface area contributed by atoms with E-state index in [2.05, 4.69) is 14.2 Å². The molecule has 1 unspecified atom stereocenters. The summed E-state index contributed by atoms with van der Waals surface area (Å²) in [5.74, 6) is -0.473. The van der Waals surface area contributed by atoms with Gasteiger partial charge in [0.25, 0.3) is 0 Å². The normalized spacial score (nSPS) is 13.2. The van der Waals surface area contributed by atoms with Crippen LogP contribution < -0.4 is 4.74 Å². The highest BCUT2D eigenvalue weighted by Gasteiger charge is 2.36. The number of hydrogen-bond acceptors (Lipinski definition) is 5. The van der Waals surface area contributed by atoms with E-state index < -0.39 is 29.4 Å². The number of ether oxygens (including phenoxy) is 2. The fourth-order valence-electron chi connectivity index (χ4n) is 1.78. The molecule has 2 atom stereocenters. The lowest BCUT2D eigenvalue weighted by molar-refractivity contribution is -0.139. The Kier molecular flexibility index (Phi) is 6.69. The van der Waals surface area contributed by atoms with E-state index in [1.807, 2.05) is 9.39 Å². The predicted molar refractivity (Wildman–Crippen MR) is 79.2 cm³/mol. The van der Waals surface area contributed by atoms with Crippen molar-refractivity contribution in [3.63, 3.8) is 0 Å². The van der Waals surface area contributed by atoms with E-state index >= 15 is 0 Å². The van der Waals surface area contributed by atoms with Gasteiger partial charge < -0.3 is 9.47 Å². The molecule has 0 saturated heterocycles. The van der Waals surface area contributed by atoms with Crippen LogP contribution in [0.3, 0.4) is 0 Å². The topological polar surface area (TPSA) is 60.8 Å². The van der Waals surface area contributed by atoms with Crippen molar-refractivity contribution in [1.29, 1.82) is 0 Å². The van der Waals surface area contributed by atoms with Crippen LogP contribution >= 0.6 is 17.8 Å². The van der Waals surface area contributed by atoms with Gasteiger partial charge in [0, 0.05) is 12.1 Å². The maximum atomic E-state index is 13.0. The predicted octanol–water partition coefficient (Wildman–Crippen LogP) is 4.40. The first-order valence-corrected chi connectivity index (χ1v) is 7.48. The van der Waals surface area contributed by atoms with E-state index in [4.69, 9.17) is 4.74 Å². The summed E-state index contributed by atoms with van der Waals surface area (Å²) in [4.78, 5) is 15.1. The van der Waals surface area contributed by atoms with Gasteiger partial charge in [0.1, 0.15) is 20.0 Å². The Hall–Kier alpha value is -1.26. The van der Waals surface area contributed by atoms with Crippen LogP contribution in [0.1, 0.15) is 23.7 Å². The van der Waals surface area contributed by atoms with Crippen molar-refractivity contribution in [3.8, 4) is 5.88 Å². The van der Waals surface area contributed by atoms with Gasteiger partial charge in [0.15, 0.2) is 0 Å². The highest BCUT2D eigenvalue weighted by atomic mass is 31.1. The first-order chi connectivity index (χ1) is 10.2. The number of rotatable bonds is 5. The average molecular weight is 354 g/mol. The maximum Gasteiger partial charge on any atom is 0.421 e. The van der Waals surface area contributed by atoms with E-state index in [9.17, 15) is 18.0 Å². The van der Waals surface area contributed by atoms with Crippen LogP contribution in [0, 0.1) is 6.92 Å². The average Bonchev–Trinajstić information content (AvgIpc) is 2.39. The van der Waals surface area contributed by atoms with Crippen molar-refractivity contribution in [2.24, 2.45) is 4.52 Å². The molecule has 5 nitrogen and oxygen atoms in total.